The van der Waals surface area contributed by atoms with Crippen LogP contribution in [-0.2, 0) is 10.2 Å². The molecule has 2 fully saturated rings. The Hall–Kier alpha value is -0.170. The van der Waals surface area contributed by atoms with Crippen molar-refractivity contribution < 1.29 is 8.42 Å². The van der Waals surface area contributed by atoms with Crippen LogP contribution in [0.3, 0.4) is 0 Å². The minimum atomic E-state index is -3.24. The lowest BCUT2D eigenvalue weighted by Gasteiger charge is -2.29. The Labute approximate surface area is 110 Å². The third-order valence-electron chi connectivity index (χ3n) is 4.02. The molecule has 2 saturated heterocycles. The van der Waals surface area contributed by atoms with E-state index in [1.807, 2.05) is 0 Å². The monoisotopic (exact) mass is 275 g/mol. The molecule has 5 nitrogen and oxygen atoms in total. The fourth-order valence-electron chi connectivity index (χ4n) is 2.68. The maximum absolute atomic E-state index is 12.1. The minimum Gasteiger partial charge on any atom is -0.314 e. The van der Waals surface area contributed by atoms with Gasteiger partial charge in [0.15, 0.2) is 0 Å². The predicted molar refractivity (Wildman–Crippen MR) is 72.5 cm³/mol. The van der Waals surface area contributed by atoms with Gasteiger partial charge in [0, 0.05) is 25.7 Å². The molecular weight excluding hydrogens is 250 g/mol. The van der Waals surface area contributed by atoms with Gasteiger partial charge in [-0.25, -0.2) is 4.72 Å². The molecule has 0 aromatic heterocycles. The molecule has 1 atom stereocenters. The summed E-state index contributed by atoms with van der Waals surface area (Å²) in [5, 5.41) is 3.38. The summed E-state index contributed by atoms with van der Waals surface area (Å²) >= 11 is 0. The number of hydrogen-bond acceptors (Lipinski definition) is 3. The van der Waals surface area contributed by atoms with Gasteiger partial charge in [0.05, 0.1) is 0 Å². The number of rotatable bonds is 5. The van der Waals surface area contributed by atoms with E-state index in [0.717, 1.165) is 25.8 Å². The van der Waals surface area contributed by atoms with Crippen molar-refractivity contribution >= 4 is 10.2 Å². The summed E-state index contributed by atoms with van der Waals surface area (Å²) in [7, 11) is -3.24. The van der Waals surface area contributed by atoms with Gasteiger partial charge in [0.1, 0.15) is 0 Å². The second kappa shape index (κ2) is 6.32. The molecule has 6 heteroatoms. The molecule has 0 spiro atoms. The van der Waals surface area contributed by atoms with Crippen LogP contribution in [-0.4, -0.2) is 44.9 Å². The molecule has 0 aromatic rings. The van der Waals surface area contributed by atoms with E-state index < -0.39 is 10.2 Å². The molecule has 0 unspecified atom stereocenters. The molecule has 2 aliphatic heterocycles. The van der Waals surface area contributed by atoms with Crippen LogP contribution in [0, 0.1) is 5.92 Å². The molecule has 2 rings (SSSR count). The van der Waals surface area contributed by atoms with Crippen LogP contribution < -0.4 is 10.0 Å². The standard InChI is InChI=1S/C12H25N3O2S/c1-11-5-9-15(10-6-11)18(16,17)14-8-4-12-3-2-7-13-12/h11-14H,2-10H2,1H3/t12-/m1/s1. The number of piperidine rings is 1. The SMILES string of the molecule is CC1CCN(S(=O)(=O)NCC[C@H]2CCCN2)CC1. The van der Waals surface area contributed by atoms with Crippen LogP contribution in [0.15, 0.2) is 0 Å². The van der Waals surface area contributed by atoms with Gasteiger partial charge in [0.25, 0.3) is 10.2 Å². The van der Waals surface area contributed by atoms with E-state index >= 15 is 0 Å². The highest BCUT2D eigenvalue weighted by molar-refractivity contribution is 7.87. The van der Waals surface area contributed by atoms with Gasteiger partial charge in [-0.05, 0) is 44.6 Å². The van der Waals surface area contributed by atoms with Gasteiger partial charge in [-0.15, -0.1) is 0 Å². The number of nitrogens with zero attached hydrogens (tertiary/aromatic N) is 1. The van der Waals surface area contributed by atoms with E-state index in [4.69, 9.17) is 0 Å². The maximum atomic E-state index is 12.1. The van der Waals surface area contributed by atoms with Crippen molar-refractivity contribution in [3.05, 3.63) is 0 Å². The van der Waals surface area contributed by atoms with Crippen LogP contribution in [0.1, 0.15) is 39.0 Å². The van der Waals surface area contributed by atoms with Crippen LogP contribution in [0.25, 0.3) is 0 Å². The van der Waals surface area contributed by atoms with Crippen LogP contribution >= 0.6 is 0 Å². The van der Waals surface area contributed by atoms with Gasteiger partial charge >= 0.3 is 0 Å². The molecule has 0 aromatic carbocycles. The lowest BCUT2D eigenvalue weighted by atomic mass is 10.0. The van der Waals surface area contributed by atoms with Crippen LogP contribution in [0.2, 0.25) is 0 Å². The van der Waals surface area contributed by atoms with Gasteiger partial charge in [-0.3, -0.25) is 0 Å². The van der Waals surface area contributed by atoms with E-state index in [1.165, 1.54) is 12.8 Å². The highest BCUT2D eigenvalue weighted by Crippen LogP contribution is 2.18. The second-order valence-corrected chi connectivity index (χ2v) is 7.32. The van der Waals surface area contributed by atoms with E-state index in [9.17, 15) is 8.42 Å². The Morgan fingerprint density at radius 1 is 1.28 bits per heavy atom. The van der Waals surface area contributed by atoms with E-state index in [2.05, 4.69) is 17.0 Å². The van der Waals surface area contributed by atoms with Gasteiger partial charge < -0.3 is 5.32 Å². The van der Waals surface area contributed by atoms with Crippen molar-refractivity contribution in [1.82, 2.24) is 14.3 Å². The first-order valence-corrected chi connectivity index (χ1v) is 8.50. The smallest absolute Gasteiger partial charge is 0.279 e. The molecule has 0 radical (unpaired) electrons. The zero-order valence-corrected chi connectivity index (χ0v) is 12.0. The average molecular weight is 275 g/mol. The normalized spacial score (nSPS) is 27.7. The van der Waals surface area contributed by atoms with E-state index in [-0.39, 0.29) is 0 Å². The molecule has 2 N–H and O–H groups in total. The molecule has 0 bridgehead atoms. The van der Waals surface area contributed by atoms with Crippen LogP contribution in [0.4, 0.5) is 0 Å². The van der Waals surface area contributed by atoms with Crippen LogP contribution in [0.5, 0.6) is 0 Å². The summed E-state index contributed by atoms with van der Waals surface area (Å²) in [6, 6.07) is 0.495. The Balaban J connectivity index is 1.72. The minimum absolute atomic E-state index is 0.495. The maximum Gasteiger partial charge on any atom is 0.279 e. The molecule has 18 heavy (non-hydrogen) atoms. The third-order valence-corrected chi connectivity index (χ3v) is 5.64. The van der Waals surface area contributed by atoms with E-state index in [1.54, 1.807) is 4.31 Å². The fourth-order valence-corrected chi connectivity index (χ4v) is 3.93. The van der Waals surface area contributed by atoms with Crippen molar-refractivity contribution in [3.8, 4) is 0 Å². The van der Waals surface area contributed by atoms with Gasteiger partial charge in [-0.2, -0.15) is 12.7 Å². The zero-order valence-electron chi connectivity index (χ0n) is 11.2. The summed E-state index contributed by atoms with van der Waals surface area (Å²) in [4.78, 5) is 0. The Morgan fingerprint density at radius 3 is 2.61 bits per heavy atom. The summed E-state index contributed by atoms with van der Waals surface area (Å²) < 4.78 is 28.4. The lowest BCUT2D eigenvalue weighted by molar-refractivity contribution is 0.285. The first kappa shape index (κ1) is 14.2. The van der Waals surface area contributed by atoms with Crippen molar-refractivity contribution in [2.45, 2.75) is 45.1 Å². The highest BCUT2D eigenvalue weighted by Gasteiger charge is 2.26. The highest BCUT2D eigenvalue weighted by atomic mass is 32.2. The Morgan fingerprint density at radius 2 is 2.00 bits per heavy atom. The van der Waals surface area contributed by atoms with Crippen molar-refractivity contribution in [1.29, 1.82) is 0 Å². The summed E-state index contributed by atoms with van der Waals surface area (Å²) in [5.41, 5.74) is 0. The third kappa shape index (κ3) is 3.91. The molecule has 2 aliphatic rings. The quantitative estimate of drug-likeness (QED) is 0.776. The van der Waals surface area contributed by atoms with Crippen molar-refractivity contribution in [2.75, 3.05) is 26.2 Å². The topological polar surface area (TPSA) is 61.4 Å². The first-order valence-electron chi connectivity index (χ1n) is 7.06. The first-order chi connectivity index (χ1) is 8.58. The predicted octanol–water partition coefficient (Wildman–Crippen LogP) is 0.695. The van der Waals surface area contributed by atoms with Crippen molar-refractivity contribution in [3.63, 3.8) is 0 Å². The van der Waals surface area contributed by atoms with E-state index in [0.29, 0.717) is 31.6 Å². The average Bonchev–Trinajstić information content (AvgIpc) is 2.82. The number of hydrogen-bond donors (Lipinski definition) is 2. The molecular formula is C12H25N3O2S. The summed E-state index contributed by atoms with van der Waals surface area (Å²) in [5.74, 6) is 0.652. The van der Waals surface area contributed by atoms with Gasteiger partial charge in [-0.1, -0.05) is 6.92 Å². The Bertz CT molecular complexity index is 344. The summed E-state index contributed by atoms with van der Waals surface area (Å²) in [6.45, 7) is 5.13. The molecule has 2 heterocycles. The molecule has 0 saturated carbocycles. The zero-order chi connectivity index (χ0) is 13.0. The molecule has 0 amide bonds. The number of nitrogens with one attached hydrogen (secondary N) is 2. The largest absolute Gasteiger partial charge is 0.314 e. The lowest BCUT2D eigenvalue weighted by Crippen LogP contribution is -2.45. The molecule has 0 aliphatic carbocycles. The van der Waals surface area contributed by atoms with Gasteiger partial charge in [0.2, 0.25) is 0 Å². The summed E-state index contributed by atoms with van der Waals surface area (Å²) in [6.07, 6.45) is 5.23. The molecule has 106 valence electrons. The fraction of sp³-hybridized carbons (Fsp3) is 1.00. The second-order valence-electron chi connectivity index (χ2n) is 5.56. The Kier molecular flexibility index (Phi) is 5.00. The van der Waals surface area contributed by atoms with Crippen molar-refractivity contribution in [2.24, 2.45) is 5.92 Å².